The van der Waals surface area contributed by atoms with Crippen LogP contribution in [0.25, 0.3) is 0 Å². The van der Waals surface area contributed by atoms with Crippen molar-refractivity contribution < 1.29 is 9.31 Å². The summed E-state index contributed by atoms with van der Waals surface area (Å²) in [5.74, 6) is 0. The standard InChI is InChI=1S/C12H14BBrN2O2/c1-11(2)12(3,4)18-13(17-11)9-5-10(14)16-7-8(9)6-15/h5,7H,1-4H3. The maximum Gasteiger partial charge on any atom is 0.496 e. The molecule has 6 heteroatoms. The second kappa shape index (κ2) is 4.34. The SMILES string of the molecule is CC1(C)OB(c2cc(Br)ncc2C#N)OC1(C)C. The Morgan fingerprint density at radius 3 is 2.33 bits per heavy atom. The minimum absolute atomic E-state index is 0.417. The third kappa shape index (κ3) is 2.18. The Balaban J connectivity index is 2.41. The number of nitriles is 1. The Morgan fingerprint density at radius 1 is 1.28 bits per heavy atom. The first-order chi connectivity index (χ1) is 8.27. The fraction of sp³-hybridized carbons (Fsp3) is 0.500. The van der Waals surface area contributed by atoms with Gasteiger partial charge in [0.15, 0.2) is 0 Å². The van der Waals surface area contributed by atoms with Gasteiger partial charge in [-0.15, -0.1) is 0 Å². The zero-order valence-corrected chi connectivity index (χ0v) is 12.4. The molecule has 18 heavy (non-hydrogen) atoms. The van der Waals surface area contributed by atoms with Crippen LogP contribution in [0.2, 0.25) is 0 Å². The average Bonchev–Trinajstić information content (AvgIpc) is 2.48. The Kier molecular flexibility index (Phi) is 3.26. The highest BCUT2D eigenvalue weighted by Crippen LogP contribution is 2.36. The molecule has 94 valence electrons. The lowest BCUT2D eigenvalue weighted by molar-refractivity contribution is 0.00578. The summed E-state index contributed by atoms with van der Waals surface area (Å²) in [5.41, 5.74) is 0.343. The second-order valence-electron chi connectivity index (χ2n) is 5.29. The van der Waals surface area contributed by atoms with Crippen LogP contribution < -0.4 is 5.46 Å². The topological polar surface area (TPSA) is 55.1 Å². The van der Waals surface area contributed by atoms with Gasteiger partial charge in [-0.25, -0.2) is 4.98 Å². The van der Waals surface area contributed by atoms with Gasteiger partial charge in [-0.2, -0.15) is 5.26 Å². The second-order valence-corrected chi connectivity index (χ2v) is 6.11. The molecule has 0 unspecified atom stereocenters. The molecular formula is C12H14BBrN2O2. The van der Waals surface area contributed by atoms with Crippen molar-refractivity contribution in [1.29, 1.82) is 5.26 Å². The van der Waals surface area contributed by atoms with E-state index in [9.17, 15) is 0 Å². The number of nitrogens with zero attached hydrogens (tertiary/aromatic N) is 2. The number of halogens is 1. The molecule has 0 spiro atoms. The number of pyridine rings is 1. The lowest BCUT2D eigenvalue weighted by Gasteiger charge is -2.32. The van der Waals surface area contributed by atoms with E-state index in [1.165, 1.54) is 6.20 Å². The molecule has 0 bridgehead atoms. The smallest absolute Gasteiger partial charge is 0.399 e. The van der Waals surface area contributed by atoms with E-state index in [0.717, 1.165) is 0 Å². The quantitative estimate of drug-likeness (QED) is 0.588. The first kappa shape index (κ1) is 13.5. The highest BCUT2D eigenvalue weighted by molar-refractivity contribution is 9.10. The molecule has 1 fully saturated rings. The van der Waals surface area contributed by atoms with Gasteiger partial charge in [-0.05, 0) is 49.7 Å². The molecule has 1 aliphatic rings. The van der Waals surface area contributed by atoms with E-state index in [0.29, 0.717) is 15.6 Å². The third-order valence-corrected chi connectivity index (χ3v) is 3.96. The fourth-order valence-corrected chi connectivity index (χ4v) is 2.05. The molecule has 0 aliphatic carbocycles. The Bertz CT molecular complexity index is 509. The molecule has 1 aliphatic heterocycles. The maximum absolute atomic E-state index is 9.11. The summed E-state index contributed by atoms with van der Waals surface area (Å²) in [6, 6.07) is 3.88. The Hall–Kier alpha value is -0.895. The monoisotopic (exact) mass is 308 g/mol. The summed E-state index contributed by atoms with van der Waals surface area (Å²) >= 11 is 3.30. The van der Waals surface area contributed by atoms with Crippen LogP contribution in [-0.2, 0) is 9.31 Å². The van der Waals surface area contributed by atoms with Crippen LogP contribution in [0.1, 0.15) is 33.3 Å². The molecule has 0 amide bonds. The summed E-state index contributed by atoms with van der Waals surface area (Å²) in [7, 11) is -0.538. The molecule has 0 radical (unpaired) electrons. The van der Waals surface area contributed by atoms with Crippen molar-refractivity contribution in [3.63, 3.8) is 0 Å². The van der Waals surface area contributed by atoms with Crippen LogP contribution in [0.3, 0.4) is 0 Å². The van der Waals surface area contributed by atoms with Crippen LogP contribution >= 0.6 is 15.9 Å². The van der Waals surface area contributed by atoms with Gasteiger partial charge in [0, 0.05) is 11.7 Å². The lowest BCUT2D eigenvalue weighted by Crippen LogP contribution is -2.41. The normalized spacial score (nSPS) is 20.8. The van der Waals surface area contributed by atoms with Crippen LogP contribution in [0.4, 0.5) is 0 Å². The van der Waals surface area contributed by atoms with E-state index >= 15 is 0 Å². The van der Waals surface area contributed by atoms with E-state index < -0.39 is 18.3 Å². The van der Waals surface area contributed by atoms with Gasteiger partial charge in [-0.3, -0.25) is 0 Å². The Labute approximate surface area is 116 Å². The first-order valence-corrected chi connectivity index (χ1v) is 6.47. The van der Waals surface area contributed by atoms with E-state index in [1.54, 1.807) is 6.07 Å². The summed E-state index contributed by atoms with van der Waals surface area (Å²) < 4.78 is 12.5. The third-order valence-electron chi connectivity index (χ3n) is 3.53. The molecule has 0 aromatic carbocycles. The molecule has 2 rings (SSSR count). The van der Waals surface area contributed by atoms with Gasteiger partial charge < -0.3 is 9.31 Å². The summed E-state index contributed by atoms with van der Waals surface area (Å²) in [4.78, 5) is 4.04. The number of hydrogen-bond acceptors (Lipinski definition) is 4. The minimum Gasteiger partial charge on any atom is -0.399 e. The largest absolute Gasteiger partial charge is 0.496 e. The van der Waals surface area contributed by atoms with Crippen LogP contribution in [0.15, 0.2) is 16.9 Å². The van der Waals surface area contributed by atoms with Gasteiger partial charge in [0.25, 0.3) is 0 Å². The first-order valence-electron chi connectivity index (χ1n) is 5.68. The van der Waals surface area contributed by atoms with Crippen molar-refractivity contribution in [3.8, 4) is 6.07 Å². The van der Waals surface area contributed by atoms with Crippen molar-refractivity contribution in [2.24, 2.45) is 0 Å². The average molecular weight is 309 g/mol. The summed E-state index contributed by atoms with van der Waals surface area (Å²) in [5, 5.41) is 9.11. The van der Waals surface area contributed by atoms with Crippen molar-refractivity contribution in [1.82, 2.24) is 4.98 Å². The number of aromatic nitrogens is 1. The molecule has 0 N–H and O–H groups in total. The summed E-state index contributed by atoms with van der Waals surface area (Å²) in [6.07, 6.45) is 1.52. The van der Waals surface area contributed by atoms with Crippen molar-refractivity contribution in [2.45, 2.75) is 38.9 Å². The summed E-state index contributed by atoms with van der Waals surface area (Å²) in [6.45, 7) is 7.93. The molecule has 2 heterocycles. The predicted octanol–water partition coefficient (Wildman–Crippen LogP) is 2.01. The number of rotatable bonds is 1. The molecule has 1 aromatic heterocycles. The van der Waals surface area contributed by atoms with Crippen LogP contribution in [0.5, 0.6) is 0 Å². The molecular weight excluding hydrogens is 295 g/mol. The van der Waals surface area contributed by atoms with Gasteiger partial charge in [0.05, 0.1) is 16.8 Å². The zero-order valence-electron chi connectivity index (χ0n) is 10.8. The van der Waals surface area contributed by atoms with E-state index in [2.05, 4.69) is 27.0 Å². The van der Waals surface area contributed by atoms with E-state index in [4.69, 9.17) is 14.6 Å². The molecule has 1 aromatic rings. The van der Waals surface area contributed by atoms with Gasteiger partial charge in [0.1, 0.15) is 10.7 Å². The molecule has 0 atom stereocenters. The van der Waals surface area contributed by atoms with Gasteiger partial charge in [-0.1, -0.05) is 0 Å². The highest BCUT2D eigenvalue weighted by Gasteiger charge is 2.52. The Morgan fingerprint density at radius 2 is 1.83 bits per heavy atom. The van der Waals surface area contributed by atoms with E-state index in [1.807, 2.05) is 27.7 Å². The molecule has 0 saturated carbocycles. The number of hydrogen-bond donors (Lipinski definition) is 0. The van der Waals surface area contributed by atoms with Crippen LogP contribution in [-0.4, -0.2) is 23.3 Å². The lowest BCUT2D eigenvalue weighted by atomic mass is 9.77. The predicted molar refractivity (Wildman–Crippen MR) is 72.4 cm³/mol. The fourth-order valence-electron chi connectivity index (χ4n) is 1.70. The van der Waals surface area contributed by atoms with E-state index in [-0.39, 0.29) is 0 Å². The zero-order chi connectivity index (χ0) is 13.6. The minimum atomic E-state index is -0.538. The van der Waals surface area contributed by atoms with Crippen molar-refractivity contribution in [2.75, 3.05) is 0 Å². The molecule has 1 saturated heterocycles. The van der Waals surface area contributed by atoms with Gasteiger partial charge >= 0.3 is 7.12 Å². The van der Waals surface area contributed by atoms with Gasteiger partial charge in [0.2, 0.25) is 0 Å². The van der Waals surface area contributed by atoms with Crippen LogP contribution in [0, 0.1) is 11.3 Å². The molecule has 4 nitrogen and oxygen atoms in total. The van der Waals surface area contributed by atoms with Crippen molar-refractivity contribution >= 4 is 28.5 Å². The van der Waals surface area contributed by atoms with Crippen molar-refractivity contribution in [3.05, 3.63) is 22.4 Å². The highest BCUT2D eigenvalue weighted by atomic mass is 79.9. The maximum atomic E-state index is 9.11.